The van der Waals surface area contributed by atoms with Crippen LogP contribution in [0, 0.1) is 45.3 Å². The molecule has 9 heteroatoms. The molecule has 0 bridgehead atoms. The zero-order chi connectivity index (χ0) is 47.3. The first-order valence-corrected chi connectivity index (χ1v) is 23.2. The minimum atomic E-state index is 0.389. The van der Waals surface area contributed by atoms with Gasteiger partial charge in [-0.05, 0) is 94.0 Å². The van der Waals surface area contributed by atoms with Crippen LogP contribution in [-0.4, -0.2) is 19.5 Å². The van der Waals surface area contributed by atoms with Gasteiger partial charge in [0.05, 0.1) is 63.3 Å². The fourth-order valence-corrected chi connectivity index (χ4v) is 10.7. The van der Waals surface area contributed by atoms with E-state index in [2.05, 4.69) is 114 Å². The van der Waals surface area contributed by atoms with E-state index in [9.17, 15) is 21.0 Å². The van der Waals surface area contributed by atoms with Crippen molar-refractivity contribution in [3.05, 3.63) is 216 Å². The summed E-state index contributed by atoms with van der Waals surface area (Å²) in [6.45, 7) is 0. The Morgan fingerprint density at radius 3 is 1.44 bits per heavy atom. The van der Waals surface area contributed by atoms with Crippen LogP contribution in [0.15, 0.2) is 194 Å². The van der Waals surface area contributed by atoms with Crippen molar-refractivity contribution in [2.45, 2.75) is 0 Å². The van der Waals surface area contributed by atoms with Gasteiger partial charge in [0, 0.05) is 47.6 Å². The lowest BCUT2D eigenvalue weighted by atomic mass is 9.96. The molecule has 9 aromatic carbocycles. The van der Waals surface area contributed by atoms with Crippen LogP contribution >= 0.6 is 11.3 Å². The average Bonchev–Trinajstić information content (AvgIpc) is 3.98. The molecule has 0 saturated carbocycles. The summed E-state index contributed by atoms with van der Waals surface area (Å²) in [5, 5.41) is 44.4. The van der Waals surface area contributed by atoms with Crippen LogP contribution in [0.1, 0.15) is 22.3 Å². The number of thiophene rings is 1. The van der Waals surface area contributed by atoms with Crippen molar-refractivity contribution in [2.24, 2.45) is 0 Å². The molecule has 3 heterocycles. The van der Waals surface area contributed by atoms with Crippen LogP contribution in [0.5, 0.6) is 0 Å². The van der Waals surface area contributed by atoms with Gasteiger partial charge in [0.25, 0.3) is 0 Å². The van der Waals surface area contributed by atoms with E-state index >= 15 is 0 Å². The highest BCUT2D eigenvalue weighted by molar-refractivity contribution is 7.25. The monoisotopic (exact) mass is 908 g/mol. The molecular weight excluding hydrogens is 877 g/mol. The second-order valence-electron chi connectivity index (χ2n) is 16.8. The van der Waals surface area contributed by atoms with Crippen molar-refractivity contribution in [3.63, 3.8) is 0 Å². The zero-order valence-corrected chi connectivity index (χ0v) is 37.8. The van der Waals surface area contributed by atoms with E-state index in [-0.39, 0.29) is 0 Å². The van der Waals surface area contributed by atoms with Gasteiger partial charge in [-0.1, -0.05) is 133 Å². The molecule has 12 aromatic rings. The van der Waals surface area contributed by atoms with E-state index in [4.69, 9.17) is 15.0 Å². The van der Waals surface area contributed by atoms with Gasteiger partial charge < -0.3 is 4.57 Å². The third-order valence-corrected chi connectivity index (χ3v) is 14.0. The SMILES string of the molecule is N#Cc1ccc(-c2ccc3c4ccc(-c5ccc(C#N)cc5C#N)cc4n(-c4ccc(-c5cccc6sc7ccccc7c56)cc4-c4nc(-c5ccccc5)nc(-c5ccccc5)n4)c3c2)c(C#N)c1. The molecule has 0 aliphatic heterocycles. The number of hydrogen-bond donors (Lipinski definition) is 0. The molecule has 0 amide bonds. The molecular formula is C61H32N8S. The van der Waals surface area contributed by atoms with E-state index in [0.29, 0.717) is 50.9 Å². The molecule has 0 aliphatic rings. The highest BCUT2D eigenvalue weighted by Crippen LogP contribution is 2.44. The molecule has 322 valence electrons. The summed E-state index contributed by atoms with van der Waals surface area (Å²) in [6, 6.07) is 73.0. The zero-order valence-electron chi connectivity index (χ0n) is 37.0. The minimum Gasteiger partial charge on any atom is -0.308 e. The first-order valence-electron chi connectivity index (χ1n) is 22.4. The van der Waals surface area contributed by atoms with Gasteiger partial charge >= 0.3 is 0 Å². The van der Waals surface area contributed by atoms with Crippen molar-refractivity contribution >= 4 is 53.3 Å². The van der Waals surface area contributed by atoms with Gasteiger partial charge in [-0.15, -0.1) is 11.3 Å². The topological polar surface area (TPSA) is 139 Å². The number of hydrogen-bond acceptors (Lipinski definition) is 8. The Morgan fingerprint density at radius 2 is 0.871 bits per heavy atom. The first-order chi connectivity index (χ1) is 34.5. The molecule has 0 saturated heterocycles. The summed E-state index contributed by atoms with van der Waals surface area (Å²) in [6.07, 6.45) is 0. The summed E-state index contributed by atoms with van der Waals surface area (Å²) in [4.78, 5) is 15.7. The van der Waals surface area contributed by atoms with Crippen LogP contribution < -0.4 is 0 Å². The third-order valence-electron chi connectivity index (χ3n) is 12.8. The van der Waals surface area contributed by atoms with Crippen LogP contribution in [-0.2, 0) is 0 Å². The van der Waals surface area contributed by atoms with E-state index in [1.807, 2.05) is 84.9 Å². The number of nitriles is 4. The number of fused-ring (bicyclic) bond motifs is 6. The molecule has 12 rings (SSSR count). The normalized spacial score (nSPS) is 11.1. The lowest BCUT2D eigenvalue weighted by Gasteiger charge is -2.17. The highest BCUT2D eigenvalue weighted by atomic mass is 32.1. The molecule has 3 aromatic heterocycles. The number of nitrogens with zero attached hydrogens (tertiary/aromatic N) is 8. The third kappa shape index (κ3) is 7.00. The second-order valence-corrected chi connectivity index (χ2v) is 17.9. The largest absolute Gasteiger partial charge is 0.308 e. The van der Waals surface area contributed by atoms with Crippen LogP contribution in [0.25, 0.3) is 115 Å². The Hall–Kier alpha value is -10.0. The van der Waals surface area contributed by atoms with E-state index in [1.54, 1.807) is 35.6 Å². The molecule has 0 aliphatic carbocycles. The summed E-state index contributed by atoms with van der Waals surface area (Å²) in [5.41, 5.74) is 11.5. The smallest absolute Gasteiger partial charge is 0.166 e. The summed E-state index contributed by atoms with van der Waals surface area (Å²) < 4.78 is 4.61. The van der Waals surface area contributed by atoms with Crippen molar-refractivity contribution in [1.29, 1.82) is 21.0 Å². The fourth-order valence-electron chi connectivity index (χ4n) is 9.55. The van der Waals surface area contributed by atoms with Crippen molar-refractivity contribution in [2.75, 3.05) is 0 Å². The molecule has 0 fully saturated rings. The maximum Gasteiger partial charge on any atom is 0.166 e. The van der Waals surface area contributed by atoms with Gasteiger partial charge in [-0.2, -0.15) is 21.0 Å². The Kier molecular flexibility index (Phi) is 10.1. The number of rotatable bonds is 7. The predicted octanol–water partition coefficient (Wildman–Crippen LogP) is 14.8. The van der Waals surface area contributed by atoms with Crippen molar-refractivity contribution in [3.8, 4) is 97.5 Å². The van der Waals surface area contributed by atoms with Crippen molar-refractivity contribution in [1.82, 2.24) is 19.5 Å². The fraction of sp³-hybridized carbons (Fsp3) is 0. The summed E-state index contributed by atoms with van der Waals surface area (Å²) >= 11 is 1.77. The first kappa shape index (κ1) is 41.4. The van der Waals surface area contributed by atoms with Gasteiger partial charge in [-0.25, -0.2) is 15.0 Å². The maximum absolute atomic E-state index is 10.4. The number of benzene rings is 9. The maximum atomic E-state index is 10.4. The van der Waals surface area contributed by atoms with E-state index in [1.165, 1.54) is 20.2 Å². The van der Waals surface area contributed by atoms with E-state index < -0.39 is 0 Å². The lowest BCUT2D eigenvalue weighted by molar-refractivity contribution is 1.06. The second kappa shape index (κ2) is 17.0. The summed E-state index contributed by atoms with van der Waals surface area (Å²) in [5.74, 6) is 1.51. The molecule has 0 unspecified atom stereocenters. The Labute approximate surface area is 405 Å². The molecule has 0 N–H and O–H groups in total. The quantitative estimate of drug-likeness (QED) is 0.155. The Balaban J connectivity index is 1.20. The molecule has 8 nitrogen and oxygen atoms in total. The molecule has 0 spiro atoms. The van der Waals surface area contributed by atoms with Gasteiger partial charge in [0.2, 0.25) is 0 Å². The minimum absolute atomic E-state index is 0.389. The standard InChI is InChI=1S/C61H32N8S/c62-33-37-18-23-46(44(28-37)35-64)42-20-25-49-50-26-21-43(47-24-19-38(34-63)29-45(47)36-65)32-55(50)69(54(49)31-42)53-27-22-41(48-15-9-17-57-58(48)51-14-7-8-16-56(51)70-57)30-52(53)61-67-59(39-10-3-1-4-11-39)66-60(68-61)40-12-5-2-6-13-40/h1-32H. The van der Waals surface area contributed by atoms with Gasteiger partial charge in [-0.3, -0.25) is 0 Å². The molecule has 0 atom stereocenters. The molecule has 70 heavy (non-hydrogen) atoms. The van der Waals surface area contributed by atoms with Gasteiger partial charge in [0.1, 0.15) is 0 Å². The van der Waals surface area contributed by atoms with Crippen molar-refractivity contribution < 1.29 is 0 Å². The summed E-state index contributed by atoms with van der Waals surface area (Å²) in [7, 11) is 0. The van der Waals surface area contributed by atoms with E-state index in [0.717, 1.165) is 66.4 Å². The lowest BCUT2D eigenvalue weighted by Crippen LogP contribution is -2.04. The van der Waals surface area contributed by atoms with Gasteiger partial charge in [0.15, 0.2) is 17.5 Å². The Bertz CT molecular complexity index is 4100. The molecule has 0 radical (unpaired) electrons. The Morgan fingerprint density at radius 1 is 0.357 bits per heavy atom. The predicted molar refractivity (Wildman–Crippen MR) is 279 cm³/mol. The van der Waals surface area contributed by atoms with Crippen LogP contribution in [0.2, 0.25) is 0 Å². The number of aromatic nitrogens is 4. The average molecular weight is 909 g/mol. The highest BCUT2D eigenvalue weighted by Gasteiger charge is 2.23. The van der Waals surface area contributed by atoms with Crippen LogP contribution in [0.4, 0.5) is 0 Å². The van der Waals surface area contributed by atoms with Crippen LogP contribution in [0.3, 0.4) is 0 Å².